The van der Waals surface area contributed by atoms with Gasteiger partial charge in [-0.15, -0.1) is 0 Å². The largest absolute Gasteiger partial charge is 0.381 e. The molecule has 0 bridgehead atoms. The van der Waals surface area contributed by atoms with Crippen molar-refractivity contribution in [3.63, 3.8) is 0 Å². The average molecular weight is 320 g/mol. The summed E-state index contributed by atoms with van der Waals surface area (Å²) < 4.78 is 7.58. The molecule has 23 heavy (non-hydrogen) atoms. The van der Waals surface area contributed by atoms with Crippen LogP contribution in [-0.2, 0) is 16.1 Å². The smallest absolute Gasteiger partial charge is 0.228 e. The number of amides is 1. The van der Waals surface area contributed by atoms with E-state index < -0.39 is 0 Å². The summed E-state index contributed by atoms with van der Waals surface area (Å²) in [6, 6.07) is 0.430. The van der Waals surface area contributed by atoms with Crippen LogP contribution < -0.4 is 0 Å². The van der Waals surface area contributed by atoms with Crippen molar-refractivity contribution in [3.8, 4) is 0 Å². The van der Waals surface area contributed by atoms with Gasteiger partial charge in [0.2, 0.25) is 5.91 Å². The zero-order chi connectivity index (χ0) is 16.2. The van der Waals surface area contributed by atoms with Gasteiger partial charge in [0.25, 0.3) is 0 Å². The van der Waals surface area contributed by atoms with Gasteiger partial charge in [-0.1, -0.05) is 0 Å². The number of ether oxygens (including phenoxy) is 1. The number of hydrogen-bond donors (Lipinski definition) is 0. The molecule has 2 fully saturated rings. The number of nitrogens with zero attached hydrogens (tertiary/aromatic N) is 4. The Labute approximate surface area is 138 Å². The molecule has 3 rings (SSSR count). The van der Waals surface area contributed by atoms with E-state index >= 15 is 0 Å². The van der Waals surface area contributed by atoms with Crippen molar-refractivity contribution in [2.45, 2.75) is 39.3 Å². The fraction of sp³-hybridized carbons (Fsp3) is 0.765. The molecule has 128 valence electrons. The molecule has 2 aliphatic rings. The van der Waals surface area contributed by atoms with E-state index in [1.165, 1.54) is 0 Å². The van der Waals surface area contributed by atoms with Crippen molar-refractivity contribution in [2.24, 2.45) is 5.92 Å². The molecule has 0 saturated carbocycles. The van der Waals surface area contributed by atoms with E-state index in [4.69, 9.17) is 4.74 Å². The summed E-state index contributed by atoms with van der Waals surface area (Å²) in [5.41, 5.74) is 0. The van der Waals surface area contributed by atoms with Crippen molar-refractivity contribution in [1.29, 1.82) is 0 Å². The molecular formula is C17H28N4O2. The molecule has 1 atom stereocenters. The van der Waals surface area contributed by atoms with Crippen LogP contribution in [0.4, 0.5) is 0 Å². The molecule has 1 aromatic heterocycles. The van der Waals surface area contributed by atoms with E-state index in [9.17, 15) is 4.79 Å². The van der Waals surface area contributed by atoms with Crippen LogP contribution >= 0.6 is 0 Å². The number of imidazole rings is 1. The highest BCUT2D eigenvalue weighted by Crippen LogP contribution is 2.18. The Bertz CT molecular complexity index is 522. The minimum absolute atomic E-state index is 0.0846. The Morgan fingerprint density at radius 1 is 1.35 bits per heavy atom. The highest BCUT2D eigenvalue weighted by molar-refractivity contribution is 5.79. The molecule has 0 spiro atoms. The predicted molar refractivity (Wildman–Crippen MR) is 88.0 cm³/mol. The van der Waals surface area contributed by atoms with Crippen LogP contribution in [0.2, 0.25) is 0 Å². The summed E-state index contributed by atoms with van der Waals surface area (Å²) in [7, 11) is 0. The van der Waals surface area contributed by atoms with Crippen molar-refractivity contribution in [3.05, 3.63) is 18.2 Å². The third-order valence-corrected chi connectivity index (χ3v) is 4.85. The lowest BCUT2D eigenvalue weighted by Crippen LogP contribution is -2.39. The number of carbonyl (C=O) groups excluding carboxylic acids is 1. The van der Waals surface area contributed by atoms with E-state index in [0.29, 0.717) is 12.6 Å². The van der Waals surface area contributed by atoms with E-state index in [0.717, 1.165) is 58.0 Å². The van der Waals surface area contributed by atoms with Crippen molar-refractivity contribution >= 4 is 5.91 Å². The molecule has 6 nitrogen and oxygen atoms in total. The Morgan fingerprint density at radius 3 is 2.96 bits per heavy atom. The molecule has 2 saturated heterocycles. The molecule has 1 aromatic rings. The maximum atomic E-state index is 12.5. The van der Waals surface area contributed by atoms with Crippen LogP contribution in [0.3, 0.4) is 0 Å². The molecular weight excluding hydrogens is 292 g/mol. The summed E-state index contributed by atoms with van der Waals surface area (Å²) in [5, 5.41) is 0. The van der Waals surface area contributed by atoms with Crippen LogP contribution in [-0.4, -0.2) is 64.7 Å². The quantitative estimate of drug-likeness (QED) is 0.844. The van der Waals surface area contributed by atoms with E-state index in [1.54, 1.807) is 0 Å². The number of carbonyl (C=O) groups is 1. The van der Waals surface area contributed by atoms with Gasteiger partial charge in [-0.25, -0.2) is 4.98 Å². The first-order valence-electron chi connectivity index (χ1n) is 8.75. The lowest BCUT2D eigenvalue weighted by atomic mass is 10.1. The van der Waals surface area contributed by atoms with Gasteiger partial charge in [0.1, 0.15) is 5.82 Å². The van der Waals surface area contributed by atoms with E-state index in [2.05, 4.69) is 28.3 Å². The van der Waals surface area contributed by atoms with Crippen LogP contribution in [0.5, 0.6) is 0 Å². The normalized spacial score (nSPS) is 23.4. The third kappa shape index (κ3) is 3.93. The summed E-state index contributed by atoms with van der Waals surface area (Å²) in [6.07, 6.45) is 5.84. The predicted octanol–water partition coefficient (Wildman–Crippen LogP) is 1.53. The van der Waals surface area contributed by atoms with Gasteiger partial charge < -0.3 is 14.2 Å². The summed E-state index contributed by atoms with van der Waals surface area (Å²) in [4.78, 5) is 21.5. The van der Waals surface area contributed by atoms with Crippen LogP contribution in [0.25, 0.3) is 0 Å². The zero-order valence-electron chi connectivity index (χ0n) is 14.3. The van der Waals surface area contributed by atoms with Crippen LogP contribution in [0, 0.1) is 5.92 Å². The number of rotatable bonds is 4. The first-order valence-corrected chi connectivity index (χ1v) is 8.75. The molecule has 0 unspecified atom stereocenters. The standard InChI is InChI=1S/C17H28N4O2/c1-14(2)21-8-5-18-16(21)12-19-6-3-7-20(10-9-19)17(22)15-4-11-23-13-15/h5,8,14-15H,3-4,6-7,9-13H2,1-2H3/t15-/m1/s1. The fourth-order valence-electron chi connectivity index (χ4n) is 3.47. The second-order valence-corrected chi connectivity index (χ2v) is 6.86. The second kappa shape index (κ2) is 7.45. The SMILES string of the molecule is CC(C)n1ccnc1CN1CCCN(C(=O)[C@@H]2CCOC2)CC1. The first kappa shape index (κ1) is 16.5. The van der Waals surface area contributed by atoms with Gasteiger partial charge >= 0.3 is 0 Å². The third-order valence-electron chi connectivity index (χ3n) is 4.85. The Morgan fingerprint density at radius 2 is 2.22 bits per heavy atom. The number of aromatic nitrogens is 2. The number of hydrogen-bond acceptors (Lipinski definition) is 4. The van der Waals surface area contributed by atoms with Crippen molar-refractivity contribution in [2.75, 3.05) is 39.4 Å². The first-order chi connectivity index (χ1) is 11.1. The highest BCUT2D eigenvalue weighted by Gasteiger charge is 2.29. The molecule has 2 aliphatic heterocycles. The highest BCUT2D eigenvalue weighted by atomic mass is 16.5. The maximum absolute atomic E-state index is 12.5. The molecule has 0 N–H and O–H groups in total. The molecule has 1 amide bonds. The Balaban J connectivity index is 1.56. The molecule has 0 aliphatic carbocycles. The van der Waals surface area contributed by atoms with E-state index in [-0.39, 0.29) is 11.8 Å². The lowest BCUT2D eigenvalue weighted by molar-refractivity contribution is -0.135. The monoisotopic (exact) mass is 320 g/mol. The molecule has 0 radical (unpaired) electrons. The Hall–Kier alpha value is -1.40. The van der Waals surface area contributed by atoms with Crippen LogP contribution in [0.1, 0.15) is 38.6 Å². The van der Waals surface area contributed by atoms with Crippen molar-refractivity contribution in [1.82, 2.24) is 19.4 Å². The topological polar surface area (TPSA) is 50.6 Å². The van der Waals surface area contributed by atoms with Gasteiger partial charge in [-0.3, -0.25) is 9.69 Å². The van der Waals surface area contributed by atoms with Gasteiger partial charge in [-0.2, -0.15) is 0 Å². The zero-order valence-corrected chi connectivity index (χ0v) is 14.3. The summed E-state index contributed by atoms with van der Waals surface area (Å²) >= 11 is 0. The van der Waals surface area contributed by atoms with Crippen LogP contribution in [0.15, 0.2) is 12.4 Å². The fourth-order valence-corrected chi connectivity index (χ4v) is 3.47. The minimum Gasteiger partial charge on any atom is -0.381 e. The van der Waals surface area contributed by atoms with Gasteiger partial charge in [0, 0.05) is 51.2 Å². The minimum atomic E-state index is 0.0846. The van der Waals surface area contributed by atoms with Gasteiger partial charge in [-0.05, 0) is 26.7 Å². The average Bonchev–Trinajstić information content (AvgIpc) is 3.16. The van der Waals surface area contributed by atoms with Gasteiger partial charge in [0.15, 0.2) is 0 Å². The summed E-state index contributed by atoms with van der Waals surface area (Å²) in [5.74, 6) is 1.48. The second-order valence-electron chi connectivity index (χ2n) is 6.86. The molecule has 6 heteroatoms. The summed E-state index contributed by atoms with van der Waals surface area (Å²) in [6.45, 7) is 10.2. The van der Waals surface area contributed by atoms with E-state index in [1.807, 2.05) is 17.3 Å². The maximum Gasteiger partial charge on any atom is 0.228 e. The lowest BCUT2D eigenvalue weighted by Gasteiger charge is -2.24. The van der Waals surface area contributed by atoms with Gasteiger partial charge in [0.05, 0.1) is 19.1 Å². The molecule has 0 aromatic carbocycles. The molecule has 3 heterocycles. The Kier molecular flexibility index (Phi) is 5.33. The van der Waals surface area contributed by atoms with Crippen molar-refractivity contribution < 1.29 is 9.53 Å².